The topological polar surface area (TPSA) is 121 Å². The van der Waals surface area contributed by atoms with E-state index < -0.39 is 0 Å². The molecule has 1 amide bonds. The van der Waals surface area contributed by atoms with E-state index in [1.54, 1.807) is 31.3 Å². The van der Waals surface area contributed by atoms with Crippen LogP contribution in [0.1, 0.15) is 29.6 Å². The highest BCUT2D eigenvalue weighted by atomic mass is 16.1. The minimum atomic E-state index is -0.290. The van der Waals surface area contributed by atoms with Crippen LogP contribution in [-0.4, -0.2) is 55.3 Å². The monoisotopic (exact) mass is 372 g/mol. The number of anilines is 4. The molecule has 2 aromatic heterocycles. The fraction of sp³-hybridized carbons (Fsp3) is 0.444. The molecule has 0 atom stereocenters. The molecule has 0 spiro atoms. The van der Waals surface area contributed by atoms with E-state index in [1.165, 1.54) is 0 Å². The van der Waals surface area contributed by atoms with Crippen LogP contribution in [0.3, 0.4) is 0 Å². The van der Waals surface area contributed by atoms with E-state index in [0.717, 1.165) is 25.8 Å². The zero-order chi connectivity index (χ0) is 19.6. The minimum absolute atomic E-state index is 0.290. The number of pyridine rings is 1. The van der Waals surface area contributed by atoms with Gasteiger partial charge in [0.25, 0.3) is 5.91 Å². The van der Waals surface area contributed by atoms with Crippen molar-refractivity contribution < 1.29 is 4.79 Å². The van der Waals surface area contributed by atoms with Crippen molar-refractivity contribution in [1.29, 1.82) is 0 Å². The first kappa shape index (κ1) is 20.4. The van der Waals surface area contributed by atoms with Crippen molar-refractivity contribution >= 4 is 29.2 Å². The largest absolute Gasteiger partial charge is 0.373 e. The molecule has 146 valence electrons. The summed E-state index contributed by atoms with van der Waals surface area (Å²) in [6.45, 7) is 1.41. The highest BCUT2D eigenvalue weighted by Gasteiger charge is 2.14. The lowest BCUT2D eigenvalue weighted by Crippen LogP contribution is -2.18. The third-order valence-corrected chi connectivity index (χ3v) is 3.92. The Morgan fingerprint density at radius 3 is 2.48 bits per heavy atom. The van der Waals surface area contributed by atoms with Crippen molar-refractivity contribution in [2.75, 3.05) is 55.1 Å². The number of carbonyl (C=O) groups excluding carboxylic acids is 1. The second kappa shape index (κ2) is 10.3. The first-order chi connectivity index (χ1) is 13.0. The highest BCUT2D eigenvalue weighted by molar-refractivity contribution is 6.07. The van der Waals surface area contributed by atoms with Gasteiger partial charge in [0.2, 0.25) is 0 Å². The van der Waals surface area contributed by atoms with Gasteiger partial charge in [-0.05, 0) is 43.7 Å². The number of nitrogens with zero attached hydrogens (tertiary/aromatic N) is 4. The average Bonchev–Trinajstić information content (AvgIpc) is 2.68. The molecule has 0 aliphatic heterocycles. The Labute approximate surface area is 159 Å². The van der Waals surface area contributed by atoms with Gasteiger partial charge in [-0.15, -0.1) is 10.2 Å². The summed E-state index contributed by atoms with van der Waals surface area (Å²) in [6, 6.07) is 7.00. The fourth-order valence-electron chi connectivity index (χ4n) is 2.38. The third kappa shape index (κ3) is 6.07. The molecule has 0 bridgehead atoms. The summed E-state index contributed by atoms with van der Waals surface area (Å²) < 4.78 is 0. The van der Waals surface area contributed by atoms with Crippen molar-refractivity contribution in [3.8, 4) is 0 Å². The number of nitrogens with one attached hydrogen (secondary N) is 3. The van der Waals surface area contributed by atoms with Crippen LogP contribution in [0.4, 0.5) is 23.3 Å². The van der Waals surface area contributed by atoms with Crippen LogP contribution in [0.5, 0.6) is 0 Å². The number of nitrogens with two attached hydrogens (primary N) is 1. The van der Waals surface area contributed by atoms with Crippen LogP contribution >= 0.6 is 0 Å². The first-order valence-corrected chi connectivity index (χ1v) is 9.00. The first-order valence-electron chi connectivity index (χ1n) is 9.00. The lowest BCUT2D eigenvalue weighted by atomic mass is 10.2. The maximum Gasteiger partial charge on any atom is 0.260 e. The van der Waals surface area contributed by atoms with Gasteiger partial charge in [-0.25, -0.2) is 4.98 Å². The zero-order valence-electron chi connectivity index (χ0n) is 16.1. The number of unbranched alkanes of at least 4 members (excludes halogenated alkanes) is 2. The maximum absolute atomic E-state index is 12.7. The summed E-state index contributed by atoms with van der Waals surface area (Å²) in [5.41, 5.74) is 5.97. The third-order valence-electron chi connectivity index (χ3n) is 3.92. The predicted octanol–water partition coefficient (Wildman–Crippen LogP) is 1.77. The van der Waals surface area contributed by atoms with E-state index in [2.05, 4.69) is 31.1 Å². The van der Waals surface area contributed by atoms with Crippen molar-refractivity contribution in [2.24, 2.45) is 5.73 Å². The Balaban J connectivity index is 2.08. The van der Waals surface area contributed by atoms with E-state index in [1.807, 2.05) is 19.0 Å². The van der Waals surface area contributed by atoms with Crippen LogP contribution in [0.15, 0.2) is 24.3 Å². The van der Waals surface area contributed by atoms with Gasteiger partial charge < -0.3 is 26.6 Å². The van der Waals surface area contributed by atoms with Gasteiger partial charge in [0.15, 0.2) is 11.6 Å². The predicted molar refractivity (Wildman–Crippen MR) is 109 cm³/mol. The maximum atomic E-state index is 12.7. The van der Waals surface area contributed by atoms with Gasteiger partial charge in [-0.1, -0.05) is 6.42 Å². The van der Waals surface area contributed by atoms with E-state index >= 15 is 0 Å². The van der Waals surface area contributed by atoms with E-state index in [9.17, 15) is 4.79 Å². The van der Waals surface area contributed by atoms with E-state index in [4.69, 9.17) is 5.73 Å². The lowest BCUT2D eigenvalue weighted by molar-refractivity contribution is 0.102. The number of amides is 1. The van der Waals surface area contributed by atoms with Crippen LogP contribution in [0.2, 0.25) is 0 Å². The van der Waals surface area contributed by atoms with Crippen LogP contribution in [0, 0.1) is 0 Å². The van der Waals surface area contributed by atoms with Crippen molar-refractivity contribution in [2.45, 2.75) is 19.3 Å². The Morgan fingerprint density at radius 2 is 1.85 bits per heavy atom. The van der Waals surface area contributed by atoms with Crippen LogP contribution in [0.25, 0.3) is 0 Å². The second-order valence-corrected chi connectivity index (χ2v) is 6.24. The Morgan fingerprint density at radius 1 is 1.07 bits per heavy atom. The average molecular weight is 372 g/mol. The quantitative estimate of drug-likeness (QED) is 0.466. The van der Waals surface area contributed by atoms with E-state index in [-0.39, 0.29) is 5.91 Å². The molecule has 2 heterocycles. The van der Waals surface area contributed by atoms with Gasteiger partial charge >= 0.3 is 0 Å². The molecule has 0 fully saturated rings. The van der Waals surface area contributed by atoms with Gasteiger partial charge in [0.1, 0.15) is 11.6 Å². The zero-order valence-corrected chi connectivity index (χ0v) is 16.1. The molecule has 9 nitrogen and oxygen atoms in total. The molecule has 0 radical (unpaired) electrons. The van der Waals surface area contributed by atoms with Gasteiger partial charge in [-0.2, -0.15) is 0 Å². The summed E-state index contributed by atoms with van der Waals surface area (Å²) in [5.74, 6) is 2.03. The van der Waals surface area contributed by atoms with Crippen molar-refractivity contribution in [3.05, 3.63) is 29.8 Å². The lowest BCUT2D eigenvalue weighted by Gasteiger charge is -2.13. The molecule has 0 aliphatic rings. The summed E-state index contributed by atoms with van der Waals surface area (Å²) in [4.78, 5) is 19.0. The summed E-state index contributed by atoms with van der Waals surface area (Å²) in [5, 5.41) is 17.1. The molecule has 0 saturated heterocycles. The van der Waals surface area contributed by atoms with Crippen molar-refractivity contribution in [1.82, 2.24) is 15.2 Å². The number of aromatic nitrogens is 3. The molecule has 9 heteroatoms. The van der Waals surface area contributed by atoms with Crippen LogP contribution < -0.4 is 26.6 Å². The molecular weight excluding hydrogens is 344 g/mol. The SMILES string of the molecule is CNc1ccc(C(=O)Nc2ccc(N(C)C)nn2)c(NCCCCCN)n1. The molecule has 2 aromatic rings. The minimum Gasteiger partial charge on any atom is -0.373 e. The molecule has 2 rings (SSSR count). The fourth-order valence-corrected chi connectivity index (χ4v) is 2.38. The molecule has 0 unspecified atom stereocenters. The molecule has 27 heavy (non-hydrogen) atoms. The molecule has 0 saturated carbocycles. The summed E-state index contributed by atoms with van der Waals surface area (Å²) >= 11 is 0. The molecule has 0 aliphatic carbocycles. The Hall–Kier alpha value is -2.94. The van der Waals surface area contributed by atoms with Gasteiger partial charge in [0, 0.05) is 27.7 Å². The molecule has 0 aromatic carbocycles. The number of rotatable bonds is 10. The Kier molecular flexibility index (Phi) is 7.75. The van der Waals surface area contributed by atoms with Gasteiger partial charge in [-0.3, -0.25) is 4.79 Å². The summed E-state index contributed by atoms with van der Waals surface area (Å²) in [6.07, 6.45) is 2.98. The number of hydrogen-bond donors (Lipinski definition) is 4. The number of hydrogen-bond acceptors (Lipinski definition) is 8. The van der Waals surface area contributed by atoms with Crippen LogP contribution in [-0.2, 0) is 0 Å². The van der Waals surface area contributed by atoms with E-state index in [0.29, 0.717) is 35.4 Å². The molecular formula is C18H28N8O. The standard InChI is InChI=1S/C18H28N8O/c1-20-14-8-7-13(17(22-14)21-12-6-4-5-11-19)18(27)23-15-9-10-16(25-24-15)26(2)3/h7-10H,4-6,11-12,19H2,1-3H3,(H2,20,21,22)(H,23,24,27). The summed E-state index contributed by atoms with van der Waals surface area (Å²) in [7, 11) is 5.54. The smallest absolute Gasteiger partial charge is 0.260 e. The van der Waals surface area contributed by atoms with Crippen molar-refractivity contribution in [3.63, 3.8) is 0 Å². The highest BCUT2D eigenvalue weighted by Crippen LogP contribution is 2.18. The molecule has 5 N–H and O–H groups in total. The van der Waals surface area contributed by atoms with Gasteiger partial charge in [0.05, 0.1) is 5.56 Å². The second-order valence-electron chi connectivity index (χ2n) is 6.24. The Bertz CT molecular complexity index is 733. The normalized spacial score (nSPS) is 10.4. The number of carbonyl (C=O) groups is 1.